The number of nitrogens with zero attached hydrogens (tertiary/aromatic N) is 4. The summed E-state index contributed by atoms with van der Waals surface area (Å²) in [5.74, 6) is 0.725. The Kier molecular flexibility index (Phi) is 6.62. The summed E-state index contributed by atoms with van der Waals surface area (Å²) in [4.78, 5) is 15.9. The summed E-state index contributed by atoms with van der Waals surface area (Å²) in [5, 5.41) is 26.9. The van der Waals surface area contributed by atoms with Crippen molar-refractivity contribution in [2.75, 3.05) is 14.2 Å². The minimum absolute atomic E-state index is 0.125. The molecule has 4 rings (SSSR count). The summed E-state index contributed by atoms with van der Waals surface area (Å²) >= 11 is 0. The molecule has 0 aliphatic carbocycles. The molecule has 0 unspecified atom stereocenters. The number of aromatic hydroxyl groups is 1. The Morgan fingerprint density at radius 2 is 1.79 bits per heavy atom. The molecule has 0 radical (unpaired) electrons. The highest BCUT2D eigenvalue weighted by atomic mass is 16.6. The van der Waals surface area contributed by atoms with Gasteiger partial charge in [0.2, 0.25) is 5.89 Å². The van der Waals surface area contributed by atoms with Gasteiger partial charge in [-0.1, -0.05) is 29.7 Å². The van der Waals surface area contributed by atoms with Gasteiger partial charge in [-0.2, -0.15) is 0 Å². The van der Waals surface area contributed by atoms with Crippen LogP contribution in [-0.2, 0) is 12.8 Å². The number of rotatable bonds is 9. The fraction of sp³-hybridized carbons (Fsp3) is 0.348. The Balaban J connectivity index is 1.89. The fourth-order valence-corrected chi connectivity index (χ4v) is 3.72. The maximum absolute atomic E-state index is 13.1. The predicted molar refractivity (Wildman–Crippen MR) is 121 cm³/mol. The van der Waals surface area contributed by atoms with E-state index in [2.05, 4.69) is 25.5 Å². The third kappa shape index (κ3) is 4.24. The molecule has 0 aliphatic heterocycles. The van der Waals surface area contributed by atoms with E-state index >= 15 is 0 Å². The van der Waals surface area contributed by atoms with Gasteiger partial charge in [0.1, 0.15) is 34.2 Å². The summed E-state index contributed by atoms with van der Waals surface area (Å²) in [6.07, 6.45) is 2.40. The molecule has 0 saturated carbocycles. The number of pyridine rings is 1. The fourth-order valence-electron chi connectivity index (χ4n) is 3.72. The van der Waals surface area contributed by atoms with Crippen molar-refractivity contribution in [1.82, 2.24) is 25.5 Å². The predicted octanol–water partition coefficient (Wildman–Crippen LogP) is 3.44. The number of H-pyrrole nitrogens is 1. The van der Waals surface area contributed by atoms with E-state index in [-0.39, 0.29) is 29.5 Å². The van der Waals surface area contributed by atoms with Gasteiger partial charge in [-0.3, -0.25) is 4.79 Å². The minimum atomic E-state index is -0.546. The average Bonchev–Trinajstić information content (AvgIpc) is 3.46. The van der Waals surface area contributed by atoms with Crippen molar-refractivity contribution in [2.45, 2.75) is 39.5 Å². The van der Waals surface area contributed by atoms with Crippen LogP contribution in [0.2, 0.25) is 0 Å². The Bertz CT molecular complexity index is 1330. The first-order valence-electron chi connectivity index (χ1n) is 10.8. The number of hydrogen-bond donors (Lipinski definition) is 2. The number of unbranched alkanes of at least 4 members (excludes halogenated alkanes) is 1. The second-order valence-electron chi connectivity index (χ2n) is 7.65. The van der Waals surface area contributed by atoms with Gasteiger partial charge in [-0.25, -0.2) is 4.63 Å². The van der Waals surface area contributed by atoms with Crippen molar-refractivity contribution in [3.05, 3.63) is 51.5 Å². The lowest BCUT2D eigenvalue weighted by Crippen LogP contribution is -2.14. The molecular weight excluding hydrogens is 442 g/mol. The third-order valence-electron chi connectivity index (χ3n) is 5.47. The second-order valence-corrected chi connectivity index (χ2v) is 7.65. The molecule has 0 spiro atoms. The Morgan fingerprint density at radius 1 is 1.06 bits per heavy atom. The molecule has 0 amide bonds. The number of aromatic amines is 1. The topological polar surface area (TPSA) is 149 Å². The highest BCUT2D eigenvalue weighted by Crippen LogP contribution is 2.46. The molecule has 178 valence electrons. The van der Waals surface area contributed by atoms with Crippen molar-refractivity contribution in [3.8, 4) is 39.8 Å². The minimum Gasteiger partial charge on any atom is -0.506 e. The van der Waals surface area contributed by atoms with E-state index in [9.17, 15) is 9.90 Å². The van der Waals surface area contributed by atoms with Crippen LogP contribution in [-0.4, -0.2) is 44.8 Å². The first-order chi connectivity index (χ1) is 16.5. The van der Waals surface area contributed by atoms with Gasteiger partial charge in [0.05, 0.1) is 31.8 Å². The number of ether oxygens (including phenoxy) is 2. The summed E-state index contributed by atoms with van der Waals surface area (Å²) in [6, 6.07) is 5.29. The molecule has 0 atom stereocenters. The van der Waals surface area contributed by atoms with Crippen molar-refractivity contribution in [1.29, 1.82) is 0 Å². The standard InChI is InChI=1S/C23H25N5O6/c1-5-6-8-13-18(19-15(31-3)9-7-10-16(19)32-4)21(29)20(22(30)24-13)23-26-25-17(33-23)11-14-12(2)27-34-28-14/h7,9-10H,5-6,8,11H2,1-4H3,(H2,24,29,30). The van der Waals surface area contributed by atoms with Crippen LogP contribution < -0.4 is 15.0 Å². The number of benzene rings is 1. The highest BCUT2D eigenvalue weighted by molar-refractivity contribution is 5.86. The summed E-state index contributed by atoms with van der Waals surface area (Å²) in [6.45, 7) is 3.78. The van der Waals surface area contributed by atoms with E-state index in [1.807, 2.05) is 6.92 Å². The maximum atomic E-state index is 13.1. The summed E-state index contributed by atoms with van der Waals surface area (Å²) in [7, 11) is 3.05. The highest BCUT2D eigenvalue weighted by Gasteiger charge is 2.27. The molecular formula is C23H25N5O6. The third-order valence-corrected chi connectivity index (χ3v) is 5.47. The van der Waals surface area contributed by atoms with Gasteiger partial charge in [0.25, 0.3) is 11.4 Å². The zero-order valence-electron chi connectivity index (χ0n) is 19.3. The molecule has 1 aromatic carbocycles. The average molecular weight is 467 g/mol. The van der Waals surface area contributed by atoms with Gasteiger partial charge < -0.3 is 24.0 Å². The maximum Gasteiger partial charge on any atom is 0.264 e. The SMILES string of the molecule is CCCCc1[nH]c(=O)c(-c2nnc(Cc3nonc3C)o2)c(O)c1-c1c(OC)cccc1OC. The van der Waals surface area contributed by atoms with Crippen LogP contribution in [0.5, 0.6) is 17.2 Å². The number of aryl methyl sites for hydroxylation is 2. The molecule has 0 fully saturated rings. The van der Waals surface area contributed by atoms with Gasteiger partial charge in [-0.05, 0) is 31.9 Å². The Morgan fingerprint density at radius 3 is 2.41 bits per heavy atom. The molecule has 0 saturated heterocycles. The quantitative estimate of drug-likeness (QED) is 0.375. The van der Waals surface area contributed by atoms with Crippen LogP contribution in [0.3, 0.4) is 0 Å². The number of hydrogen-bond acceptors (Lipinski definition) is 10. The molecule has 11 heteroatoms. The van der Waals surface area contributed by atoms with Crippen LogP contribution in [0, 0.1) is 6.92 Å². The van der Waals surface area contributed by atoms with Crippen molar-refractivity contribution < 1.29 is 23.6 Å². The van der Waals surface area contributed by atoms with Gasteiger partial charge in [-0.15, -0.1) is 10.2 Å². The lowest BCUT2D eigenvalue weighted by atomic mass is 9.96. The van der Waals surface area contributed by atoms with E-state index in [4.69, 9.17) is 18.5 Å². The molecule has 34 heavy (non-hydrogen) atoms. The van der Waals surface area contributed by atoms with Crippen molar-refractivity contribution in [3.63, 3.8) is 0 Å². The molecule has 3 heterocycles. The summed E-state index contributed by atoms with van der Waals surface area (Å²) in [5.41, 5.74) is 1.88. The van der Waals surface area contributed by atoms with Crippen LogP contribution >= 0.6 is 0 Å². The smallest absolute Gasteiger partial charge is 0.264 e. The number of methoxy groups -OCH3 is 2. The molecule has 2 N–H and O–H groups in total. The van der Waals surface area contributed by atoms with Crippen LogP contribution in [0.4, 0.5) is 0 Å². The van der Waals surface area contributed by atoms with E-state index in [0.717, 1.165) is 12.8 Å². The van der Waals surface area contributed by atoms with E-state index < -0.39 is 5.56 Å². The largest absolute Gasteiger partial charge is 0.506 e. The molecule has 0 bridgehead atoms. The second kappa shape index (κ2) is 9.77. The van der Waals surface area contributed by atoms with Gasteiger partial charge >= 0.3 is 0 Å². The first kappa shape index (κ1) is 23.0. The van der Waals surface area contributed by atoms with Crippen LogP contribution in [0.15, 0.2) is 32.0 Å². The molecule has 11 nitrogen and oxygen atoms in total. The summed E-state index contributed by atoms with van der Waals surface area (Å²) < 4.78 is 21.5. The molecule has 3 aromatic heterocycles. The number of nitrogens with one attached hydrogen (secondary N) is 1. The monoisotopic (exact) mass is 467 g/mol. The first-order valence-corrected chi connectivity index (χ1v) is 10.8. The lowest BCUT2D eigenvalue weighted by molar-refractivity contribution is 0.301. The van der Waals surface area contributed by atoms with Gasteiger partial charge in [0.15, 0.2) is 0 Å². The van der Waals surface area contributed by atoms with Gasteiger partial charge in [0, 0.05) is 5.69 Å². The lowest BCUT2D eigenvalue weighted by Gasteiger charge is -2.18. The Hall–Kier alpha value is -4.15. The van der Waals surface area contributed by atoms with E-state index in [0.29, 0.717) is 46.1 Å². The van der Waals surface area contributed by atoms with Crippen LogP contribution in [0.25, 0.3) is 22.6 Å². The zero-order chi connectivity index (χ0) is 24.2. The zero-order valence-corrected chi connectivity index (χ0v) is 19.3. The number of aromatic nitrogens is 5. The van der Waals surface area contributed by atoms with Crippen molar-refractivity contribution >= 4 is 0 Å². The normalized spacial score (nSPS) is 11.1. The van der Waals surface area contributed by atoms with E-state index in [1.54, 1.807) is 25.1 Å². The van der Waals surface area contributed by atoms with E-state index in [1.165, 1.54) is 14.2 Å². The molecule has 0 aliphatic rings. The molecule has 4 aromatic rings. The van der Waals surface area contributed by atoms with Crippen molar-refractivity contribution in [2.24, 2.45) is 0 Å². The Labute approximate surface area is 194 Å². The van der Waals surface area contributed by atoms with Crippen LogP contribution in [0.1, 0.15) is 42.7 Å².